The molecule has 0 spiro atoms. The monoisotopic (exact) mass is 262 g/mol. The molecular weight excluding hydrogens is 240 g/mol. The Hall–Kier alpha value is -1.45. The maximum absolute atomic E-state index is 11.9. The predicted molar refractivity (Wildman–Crippen MR) is 73.2 cm³/mol. The first-order valence-corrected chi connectivity index (χ1v) is 7.29. The largest absolute Gasteiger partial charge is 0.462 e. The van der Waals surface area contributed by atoms with Crippen molar-refractivity contribution in [3.8, 4) is 0 Å². The summed E-state index contributed by atoms with van der Waals surface area (Å²) >= 11 is 0. The van der Waals surface area contributed by atoms with Crippen molar-refractivity contribution in [2.75, 3.05) is 6.61 Å². The molecule has 4 heteroatoms. The average Bonchev–Trinajstić information content (AvgIpc) is 2.93. The van der Waals surface area contributed by atoms with E-state index in [9.17, 15) is 4.79 Å². The standard InChI is InChI=1S/C15H22N2O2/c1-3-7-13-12(15(18)19-4-2)10-16-14(17-13)11-8-5-6-9-11/h10-11H,3-9H2,1-2H3. The molecule has 1 aliphatic rings. The Morgan fingerprint density at radius 3 is 2.74 bits per heavy atom. The van der Waals surface area contributed by atoms with E-state index < -0.39 is 0 Å². The van der Waals surface area contributed by atoms with E-state index >= 15 is 0 Å². The number of rotatable bonds is 5. The maximum Gasteiger partial charge on any atom is 0.341 e. The smallest absolute Gasteiger partial charge is 0.341 e. The molecule has 0 radical (unpaired) electrons. The Morgan fingerprint density at radius 2 is 2.11 bits per heavy atom. The Labute approximate surface area is 114 Å². The highest BCUT2D eigenvalue weighted by Crippen LogP contribution is 2.32. The van der Waals surface area contributed by atoms with Crippen LogP contribution in [0.1, 0.15) is 73.7 Å². The summed E-state index contributed by atoms with van der Waals surface area (Å²) in [7, 11) is 0. The van der Waals surface area contributed by atoms with Crippen LogP contribution in [0.5, 0.6) is 0 Å². The summed E-state index contributed by atoms with van der Waals surface area (Å²) in [4.78, 5) is 20.9. The molecule has 0 aromatic carbocycles. The molecular formula is C15H22N2O2. The molecule has 1 aromatic heterocycles. The summed E-state index contributed by atoms with van der Waals surface area (Å²) in [6.07, 6.45) is 8.29. The van der Waals surface area contributed by atoms with Crippen LogP contribution >= 0.6 is 0 Å². The zero-order chi connectivity index (χ0) is 13.7. The highest BCUT2D eigenvalue weighted by Gasteiger charge is 2.22. The maximum atomic E-state index is 11.9. The molecule has 2 rings (SSSR count). The quantitative estimate of drug-likeness (QED) is 0.764. The third-order valence-electron chi connectivity index (χ3n) is 3.59. The van der Waals surface area contributed by atoms with Gasteiger partial charge in [0.1, 0.15) is 5.82 Å². The van der Waals surface area contributed by atoms with Crippen molar-refractivity contribution in [2.45, 2.75) is 58.3 Å². The van der Waals surface area contributed by atoms with Gasteiger partial charge in [0, 0.05) is 12.1 Å². The zero-order valence-electron chi connectivity index (χ0n) is 11.8. The molecule has 0 unspecified atom stereocenters. The Kier molecular flexibility index (Phi) is 4.88. The summed E-state index contributed by atoms with van der Waals surface area (Å²) < 4.78 is 5.06. The zero-order valence-corrected chi connectivity index (χ0v) is 11.8. The van der Waals surface area contributed by atoms with E-state index in [2.05, 4.69) is 16.9 Å². The van der Waals surface area contributed by atoms with Gasteiger partial charge in [0.2, 0.25) is 0 Å². The summed E-state index contributed by atoms with van der Waals surface area (Å²) in [5.74, 6) is 1.09. The van der Waals surface area contributed by atoms with Gasteiger partial charge in [-0.2, -0.15) is 0 Å². The first-order valence-electron chi connectivity index (χ1n) is 7.29. The molecule has 1 aromatic rings. The molecule has 0 saturated heterocycles. The van der Waals surface area contributed by atoms with Crippen molar-refractivity contribution in [1.82, 2.24) is 9.97 Å². The van der Waals surface area contributed by atoms with Crippen molar-refractivity contribution < 1.29 is 9.53 Å². The van der Waals surface area contributed by atoms with Crippen LogP contribution in [0, 0.1) is 0 Å². The highest BCUT2D eigenvalue weighted by atomic mass is 16.5. The van der Waals surface area contributed by atoms with E-state index in [1.807, 2.05) is 6.92 Å². The number of hydrogen-bond acceptors (Lipinski definition) is 4. The second-order valence-corrected chi connectivity index (χ2v) is 5.04. The van der Waals surface area contributed by atoms with E-state index in [-0.39, 0.29) is 5.97 Å². The van der Waals surface area contributed by atoms with Crippen LogP contribution in [0.2, 0.25) is 0 Å². The third kappa shape index (κ3) is 3.31. The van der Waals surface area contributed by atoms with E-state index in [1.54, 1.807) is 6.20 Å². The lowest BCUT2D eigenvalue weighted by Crippen LogP contribution is -2.13. The number of aryl methyl sites for hydroxylation is 1. The molecule has 0 N–H and O–H groups in total. The van der Waals surface area contributed by atoms with Crippen LogP contribution in [0.4, 0.5) is 0 Å². The van der Waals surface area contributed by atoms with Gasteiger partial charge in [-0.05, 0) is 26.2 Å². The summed E-state index contributed by atoms with van der Waals surface area (Å²) in [5.41, 5.74) is 1.38. The Balaban J connectivity index is 2.26. The van der Waals surface area contributed by atoms with Crippen molar-refractivity contribution >= 4 is 5.97 Å². The first kappa shape index (κ1) is 14.0. The first-order chi connectivity index (χ1) is 9.26. The number of nitrogens with zero attached hydrogens (tertiary/aromatic N) is 2. The van der Waals surface area contributed by atoms with Crippen LogP contribution in [-0.4, -0.2) is 22.5 Å². The Bertz CT molecular complexity index is 440. The number of carbonyl (C=O) groups is 1. The minimum Gasteiger partial charge on any atom is -0.462 e. The minimum absolute atomic E-state index is 0.302. The van der Waals surface area contributed by atoms with E-state index in [1.165, 1.54) is 25.7 Å². The van der Waals surface area contributed by atoms with Gasteiger partial charge >= 0.3 is 5.97 Å². The van der Waals surface area contributed by atoms with Gasteiger partial charge in [0.15, 0.2) is 0 Å². The lowest BCUT2D eigenvalue weighted by Gasteiger charge is -2.12. The fraction of sp³-hybridized carbons (Fsp3) is 0.667. The number of aromatic nitrogens is 2. The average molecular weight is 262 g/mol. The fourth-order valence-corrected chi connectivity index (χ4v) is 2.62. The fourth-order valence-electron chi connectivity index (χ4n) is 2.62. The number of esters is 1. The molecule has 1 aliphatic carbocycles. The number of hydrogen-bond donors (Lipinski definition) is 0. The van der Waals surface area contributed by atoms with Gasteiger partial charge < -0.3 is 4.74 Å². The molecule has 0 amide bonds. The van der Waals surface area contributed by atoms with Gasteiger partial charge in [-0.25, -0.2) is 14.8 Å². The summed E-state index contributed by atoms with van der Waals surface area (Å²) in [6, 6.07) is 0. The number of carbonyl (C=O) groups excluding carboxylic acids is 1. The molecule has 1 fully saturated rings. The molecule has 19 heavy (non-hydrogen) atoms. The molecule has 0 atom stereocenters. The second-order valence-electron chi connectivity index (χ2n) is 5.04. The van der Waals surface area contributed by atoms with Gasteiger partial charge in [0.05, 0.1) is 17.9 Å². The van der Waals surface area contributed by atoms with Crippen molar-refractivity contribution in [1.29, 1.82) is 0 Å². The molecule has 4 nitrogen and oxygen atoms in total. The van der Waals surface area contributed by atoms with E-state index in [4.69, 9.17) is 4.74 Å². The Morgan fingerprint density at radius 1 is 1.37 bits per heavy atom. The summed E-state index contributed by atoms with van der Waals surface area (Å²) in [6.45, 7) is 4.28. The normalized spacial score (nSPS) is 15.7. The highest BCUT2D eigenvalue weighted by molar-refractivity contribution is 5.90. The van der Waals surface area contributed by atoms with Gasteiger partial charge in [-0.1, -0.05) is 26.2 Å². The molecule has 0 aliphatic heterocycles. The minimum atomic E-state index is -0.302. The number of ether oxygens (including phenoxy) is 1. The van der Waals surface area contributed by atoms with E-state index in [0.717, 1.165) is 24.4 Å². The molecule has 1 saturated carbocycles. The van der Waals surface area contributed by atoms with Gasteiger partial charge in [-0.3, -0.25) is 0 Å². The lowest BCUT2D eigenvalue weighted by atomic mass is 10.1. The van der Waals surface area contributed by atoms with Crippen LogP contribution in [0.25, 0.3) is 0 Å². The second kappa shape index (κ2) is 6.64. The van der Waals surface area contributed by atoms with Gasteiger partial charge in [-0.15, -0.1) is 0 Å². The summed E-state index contributed by atoms with van der Waals surface area (Å²) in [5, 5.41) is 0. The molecule has 104 valence electrons. The van der Waals surface area contributed by atoms with Crippen molar-refractivity contribution in [3.05, 3.63) is 23.3 Å². The molecule has 1 heterocycles. The van der Waals surface area contributed by atoms with Crippen LogP contribution < -0.4 is 0 Å². The van der Waals surface area contributed by atoms with Crippen LogP contribution in [0.3, 0.4) is 0 Å². The third-order valence-corrected chi connectivity index (χ3v) is 3.59. The molecule has 0 bridgehead atoms. The van der Waals surface area contributed by atoms with Crippen molar-refractivity contribution in [3.63, 3.8) is 0 Å². The van der Waals surface area contributed by atoms with Crippen LogP contribution in [-0.2, 0) is 11.2 Å². The van der Waals surface area contributed by atoms with Gasteiger partial charge in [0.25, 0.3) is 0 Å². The van der Waals surface area contributed by atoms with E-state index in [0.29, 0.717) is 18.1 Å². The predicted octanol–water partition coefficient (Wildman–Crippen LogP) is 3.26. The SMILES string of the molecule is CCCc1nc(C2CCCC2)ncc1C(=O)OCC. The topological polar surface area (TPSA) is 52.1 Å². The lowest BCUT2D eigenvalue weighted by molar-refractivity contribution is 0.0523. The van der Waals surface area contributed by atoms with Crippen molar-refractivity contribution in [2.24, 2.45) is 0 Å². The van der Waals surface area contributed by atoms with Crippen LogP contribution in [0.15, 0.2) is 6.20 Å².